The van der Waals surface area contributed by atoms with Crippen molar-refractivity contribution < 1.29 is 4.79 Å². The van der Waals surface area contributed by atoms with Crippen LogP contribution in [0.25, 0.3) is 17.1 Å². The number of rotatable bonds is 8. The molecule has 0 aliphatic rings. The molecule has 2 aromatic heterocycles. The van der Waals surface area contributed by atoms with E-state index in [1.165, 1.54) is 16.7 Å². The summed E-state index contributed by atoms with van der Waals surface area (Å²) < 4.78 is 2.90. The van der Waals surface area contributed by atoms with Crippen LogP contribution in [-0.4, -0.2) is 43.9 Å². The zero-order chi connectivity index (χ0) is 23.0. The number of hydrogen-bond acceptors (Lipinski definition) is 7. The van der Waals surface area contributed by atoms with Crippen molar-refractivity contribution >= 4 is 51.6 Å². The van der Waals surface area contributed by atoms with E-state index < -0.39 is 0 Å². The second-order valence-corrected chi connectivity index (χ2v) is 9.45. The quantitative estimate of drug-likeness (QED) is 0.192. The summed E-state index contributed by atoms with van der Waals surface area (Å²) in [5.41, 5.74) is 5.26. The molecule has 0 radical (unpaired) electrons. The van der Waals surface area contributed by atoms with Gasteiger partial charge in [-0.1, -0.05) is 39.8 Å². The summed E-state index contributed by atoms with van der Waals surface area (Å²) in [4.78, 5) is 17.6. The van der Waals surface area contributed by atoms with Gasteiger partial charge in [0, 0.05) is 33.0 Å². The predicted molar refractivity (Wildman–Crippen MR) is 137 cm³/mol. The zero-order valence-electron chi connectivity index (χ0n) is 17.6. The van der Waals surface area contributed by atoms with E-state index in [1.807, 2.05) is 71.5 Å². The first-order chi connectivity index (χ1) is 16.1. The molecule has 0 aliphatic heterocycles. The van der Waals surface area contributed by atoms with Crippen LogP contribution in [-0.2, 0) is 4.79 Å². The van der Waals surface area contributed by atoms with Gasteiger partial charge in [-0.15, -0.1) is 22.0 Å². The number of carbonyl (C=O) groups is 1. The Balaban J connectivity index is 1.47. The van der Waals surface area contributed by atoms with Crippen LogP contribution in [0.1, 0.15) is 5.56 Å². The molecule has 10 heteroatoms. The van der Waals surface area contributed by atoms with Gasteiger partial charge < -0.3 is 0 Å². The molecule has 2 heterocycles. The van der Waals surface area contributed by atoms with Gasteiger partial charge in [0.15, 0.2) is 11.0 Å². The van der Waals surface area contributed by atoms with Crippen LogP contribution in [0.15, 0.2) is 92.7 Å². The van der Waals surface area contributed by atoms with Crippen LogP contribution in [0.2, 0.25) is 0 Å². The highest BCUT2D eigenvalue weighted by molar-refractivity contribution is 9.10. The number of hydrogen-bond donors (Lipinski definition) is 1. The lowest BCUT2D eigenvalue weighted by Crippen LogP contribution is -2.20. The van der Waals surface area contributed by atoms with E-state index in [4.69, 9.17) is 0 Å². The largest absolute Gasteiger partial charge is 0.272 e. The van der Waals surface area contributed by atoms with E-state index in [9.17, 15) is 4.79 Å². The summed E-state index contributed by atoms with van der Waals surface area (Å²) >= 11 is 6.44. The molecule has 0 fully saturated rings. The van der Waals surface area contributed by atoms with Crippen LogP contribution < -0.4 is 5.43 Å². The third-order valence-electron chi connectivity index (χ3n) is 4.51. The second-order valence-electron chi connectivity index (χ2n) is 6.71. The van der Waals surface area contributed by atoms with Crippen molar-refractivity contribution in [1.29, 1.82) is 0 Å². The van der Waals surface area contributed by atoms with E-state index >= 15 is 0 Å². The standard InChI is InChI=1S/C23H19BrN6OS2/c1-32-20-8-2-16(3-9-20)14-26-27-21(31)15-33-23-29-28-22(17-10-12-25-13-11-17)30(23)19-6-4-18(24)5-7-19/h2-14H,15H2,1H3,(H,27,31)/b26-14+. The van der Waals surface area contributed by atoms with Crippen molar-refractivity contribution in [2.45, 2.75) is 10.1 Å². The van der Waals surface area contributed by atoms with Crippen LogP contribution in [0.5, 0.6) is 0 Å². The maximum atomic E-state index is 12.4. The van der Waals surface area contributed by atoms with Crippen molar-refractivity contribution in [2.24, 2.45) is 5.10 Å². The Labute approximate surface area is 208 Å². The van der Waals surface area contributed by atoms with Gasteiger partial charge in [0.05, 0.1) is 12.0 Å². The average Bonchev–Trinajstić information content (AvgIpc) is 3.28. The lowest BCUT2D eigenvalue weighted by molar-refractivity contribution is -0.118. The Kier molecular flexibility index (Phi) is 7.92. The molecule has 4 aromatic rings. The minimum absolute atomic E-state index is 0.147. The van der Waals surface area contributed by atoms with E-state index in [-0.39, 0.29) is 11.7 Å². The van der Waals surface area contributed by atoms with Crippen molar-refractivity contribution in [2.75, 3.05) is 12.0 Å². The average molecular weight is 539 g/mol. The van der Waals surface area contributed by atoms with Crippen LogP contribution >= 0.6 is 39.5 Å². The maximum absolute atomic E-state index is 12.4. The van der Waals surface area contributed by atoms with Gasteiger partial charge in [-0.2, -0.15) is 5.10 Å². The van der Waals surface area contributed by atoms with E-state index in [0.717, 1.165) is 21.3 Å². The van der Waals surface area contributed by atoms with Crippen molar-refractivity contribution in [3.63, 3.8) is 0 Å². The zero-order valence-corrected chi connectivity index (χ0v) is 20.8. The molecule has 0 bridgehead atoms. The summed E-state index contributed by atoms with van der Waals surface area (Å²) in [7, 11) is 0. The van der Waals surface area contributed by atoms with Crippen LogP contribution in [0, 0.1) is 0 Å². The lowest BCUT2D eigenvalue weighted by atomic mass is 10.2. The van der Waals surface area contributed by atoms with Gasteiger partial charge in [0.1, 0.15) is 0 Å². The second kappa shape index (κ2) is 11.3. The Morgan fingerprint density at radius 3 is 2.48 bits per heavy atom. The van der Waals surface area contributed by atoms with Gasteiger partial charge in [-0.25, -0.2) is 5.43 Å². The van der Waals surface area contributed by atoms with Crippen molar-refractivity contribution in [3.8, 4) is 17.1 Å². The topological polar surface area (TPSA) is 85.1 Å². The molecule has 0 atom stereocenters. The summed E-state index contributed by atoms with van der Waals surface area (Å²) in [6.07, 6.45) is 7.07. The number of nitrogens with one attached hydrogen (secondary N) is 1. The summed E-state index contributed by atoms with van der Waals surface area (Å²) in [5, 5.41) is 13.4. The molecule has 166 valence electrons. The van der Waals surface area contributed by atoms with E-state index in [0.29, 0.717) is 11.0 Å². The molecule has 0 spiro atoms. The van der Waals surface area contributed by atoms with Gasteiger partial charge in [0.2, 0.25) is 0 Å². The van der Waals surface area contributed by atoms with E-state index in [2.05, 4.69) is 41.6 Å². The van der Waals surface area contributed by atoms with E-state index in [1.54, 1.807) is 30.4 Å². The maximum Gasteiger partial charge on any atom is 0.250 e. The molecule has 33 heavy (non-hydrogen) atoms. The molecule has 7 nitrogen and oxygen atoms in total. The number of thioether (sulfide) groups is 2. The highest BCUT2D eigenvalue weighted by Crippen LogP contribution is 2.28. The number of halogens is 1. The van der Waals surface area contributed by atoms with Crippen molar-refractivity contribution in [1.82, 2.24) is 25.2 Å². The van der Waals surface area contributed by atoms with Gasteiger partial charge in [-0.05, 0) is 60.4 Å². The fourth-order valence-corrected chi connectivity index (χ4v) is 4.32. The fourth-order valence-electron chi connectivity index (χ4n) is 2.91. The number of benzene rings is 2. The molecule has 1 amide bonds. The number of amides is 1. The summed E-state index contributed by atoms with van der Waals surface area (Å²) in [6.45, 7) is 0. The number of pyridine rings is 1. The first-order valence-corrected chi connectivity index (χ1v) is 12.8. The highest BCUT2D eigenvalue weighted by atomic mass is 79.9. The molecular weight excluding hydrogens is 520 g/mol. The molecule has 0 saturated carbocycles. The molecule has 4 rings (SSSR count). The fraction of sp³-hybridized carbons (Fsp3) is 0.0870. The van der Waals surface area contributed by atoms with Gasteiger partial charge >= 0.3 is 0 Å². The minimum Gasteiger partial charge on any atom is -0.272 e. The molecule has 0 unspecified atom stereocenters. The number of hydrazone groups is 1. The first-order valence-electron chi connectivity index (χ1n) is 9.84. The summed E-state index contributed by atoms with van der Waals surface area (Å²) in [5.74, 6) is 0.593. The molecular formula is C23H19BrN6OS2. The summed E-state index contributed by atoms with van der Waals surface area (Å²) in [6, 6.07) is 19.5. The third-order valence-corrected chi connectivity index (χ3v) is 6.71. The third kappa shape index (κ3) is 6.10. The van der Waals surface area contributed by atoms with Gasteiger partial charge in [0.25, 0.3) is 5.91 Å². The molecule has 0 aliphatic carbocycles. The number of aromatic nitrogens is 4. The smallest absolute Gasteiger partial charge is 0.250 e. The lowest BCUT2D eigenvalue weighted by Gasteiger charge is -2.10. The normalized spacial score (nSPS) is 11.1. The monoisotopic (exact) mass is 538 g/mol. The number of carbonyl (C=O) groups excluding carboxylic acids is 1. The van der Waals surface area contributed by atoms with Crippen LogP contribution in [0.4, 0.5) is 0 Å². The molecule has 2 aromatic carbocycles. The van der Waals surface area contributed by atoms with Crippen LogP contribution in [0.3, 0.4) is 0 Å². The molecule has 1 N–H and O–H groups in total. The highest BCUT2D eigenvalue weighted by Gasteiger charge is 2.17. The Morgan fingerprint density at radius 2 is 1.79 bits per heavy atom. The van der Waals surface area contributed by atoms with Gasteiger partial charge in [-0.3, -0.25) is 14.3 Å². The molecule has 0 saturated heterocycles. The Bertz CT molecular complexity index is 1240. The SMILES string of the molecule is CSc1ccc(/C=N/NC(=O)CSc2nnc(-c3ccncc3)n2-c2ccc(Br)cc2)cc1. The Morgan fingerprint density at radius 1 is 1.06 bits per heavy atom. The number of nitrogens with zero attached hydrogens (tertiary/aromatic N) is 5. The van der Waals surface area contributed by atoms with Crippen molar-refractivity contribution in [3.05, 3.63) is 83.1 Å². The minimum atomic E-state index is -0.229. The predicted octanol–water partition coefficient (Wildman–Crippen LogP) is 5.06. The first kappa shape index (κ1) is 23.2. The Hall–Kier alpha value is -2.95.